The topological polar surface area (TPSA) is 53.6 Å². The minimum Gasteiger partial charge on any atom is -0.367 e. The molecule has 0 aliphatic rings. The first-order chi connectivity index (χ1) is 7.74. The number of anilines is 1. The fourth-order valence-corrected chi connectivity index (χ4v) is 1.63. The van der Waals surface area contributed by atoms with Gasteiger partial charge in [-0.3, -0.25) is 4.98 Å². The van der Waals surface area contributed by atoms with Crippen molar-refractivity contribution in [2.75, 3.05) is 5.32 Å². The highest BCUT2D eigenvalue weighted by molar-refractivity contribution is 7.71. The molecule has 0 amide bonds. The Balaban J connectivity index is 2.08. The highest BCUT2D eigenvalue weighted by Crippen LogP contribution is 2.05. The molecule has 0 fully saturated rings. The zero-order valence-corrected chi connectivity index (χ0v) is 9.71. The first-order valence-corrected chi connectivity index (χ1v) is 5.35. The lowest BCUT2D eigenvalue weighted by atomic mass is 10.3. The maximum atomic E-state index is 5.03. The van der Waals surface area contributed by atoms with E-state index in [1.54, 1.807) is 12.3 Å². The molecule has 0 spiro atoms. The summed E-state index contributed by atoms with van der Waals surface area (Å²) in [6.07, 6.45) is 3.59. The Hall–Kier alpha value is -1.75. The second-order valence-electron chi connectivity index (χ2n) is 3.43. The Morgan fingerprint density at radius 1 is 1.50 bits per heavy atom. The lowest BCUT2D eigenvalue weighted by molar-refractivity contribution is 1.01. The van der Waals surface area contributed by atoms with Gasteiger partial charge < -0.3 is 10.3 Å². The summed E-state index contributed by atoms with van der Waals surface area (Å²) in [7, 11) is 0. The average molecular weight is 232 g/mol. The van der Waals surface area contributed by atoms with Gasteiger partial charge in [-0.1, -0.05) is 18.3 Å². The maximum Gasteiger partial charge on any atom is 0.131 e. The predicted molar refractivity (Wildman–Crippen MR) is 65.7 cm³/mol. The number of H-pyrrole nitrogens is 1. The van der Waals surface area contributed by atoms with Crippen LogP contribution in [0.25, 0.3) is 0 Å². The predicted octanol–water partition coefficient (Wildman–Crippen LogP) is 2.45. The van der Waals surface area contributed by atoms with E-state index in [-0.39, 0.29) is 0 Å². The van der Waals surface area contributed by atoms with E-state index >= 15 is 0 Å². The Labute approximate surface area is 98.8 Å². The quantitative estimate of drug-likeness (QED) is 0.798. The van der Waals surface area contributed by atoms with Crippen LogP contribution < -0.4 is 5.32 Å². The summed E-state index contributed by atoms with van der Waals surface area (Å²) in [4.78, 5) is 11.3. The smallest absolute Gasteiger partial charge is 0.131 e. The van der Waals surface area contributed by atoms with Crippen LogP contribution in [0.5, 0.6) is 0 Å². The van der Waals surface area contributed by atoms with Crippen LogP contribution in [0.15, 0.2) is 30.6 Å². The summed E-state index contributed by atoms with van der Waals surface area (Å²) in [5.74, 6) is 1.68. The van der Waals surface area contributed by atoms with Gasteiger partial charge in [0.15, 0.2) is 0 Å². The van der Waals surface area contributed by atoms with Gasteiger partial charge in [0, 0.05) is 25.0 Å². The van der Waals surface area contributed by atoms with E-state index in [2.05, 4.69) is 20.3 Å². The molecule has 5 heteroatoms. The van der Waals surface area contributed by atoms with Crippen molar-refractivity contribution in [1.29, 1.82) is 0 Å². The minimum absolute atomic E-state index is 0.588. The number of aromatic amines is 1. The zero-order valence-electron chi connectivity index (χ0n) is 8.90. The van der Waals surface area contributed by atoms with Gasteiger partial charge in [0.25, 0.3) is 0 Å². The van der Waals surface area contributed by atoms with Crippen LogP contribution in [0.3, 0.4) is 0 Å². The molecule has 0 saturated heterocycles. The van der Waals surface area contributed by atoms with Gasteiger partial charge in [-0.25, -0.2) is 4.98 Å². The standard InChI is InChI=1S/C11H12N4S/c1-8-14-10(5-11(16)15-8)13-7-9-3-2-4-12-6-9/h2-6H,7H2,1H3,(H2,13,14,15,16). The summed E-state index contributed by atoms with van der Waals surface area (Å²) in [5, 5.41) is 3.24. The molecule has 2 aromatic rings. The summed E-state index contributed by atoms with van der Waals surface area (Å²) in [6, 6.07) is 5.73. The Bertz CT molecular complexity index is 521. The van der Waals surface area contributed by atoms with Crippen molar-refractivity contribution < 1.29 is 0 Å². The second-order valence-corrected chi connectivity index (χ2v) is 3.85. The zero-order chi connectivity index (χ0) is 11.4. The normalized spacial score (nSPS) is 10.1. The van der Waals surface area contributed by atoms with Crippen LogP contribution in [0, 0.1) is 11.6 Å². The fourth-order valence-electron chi connectivity index (χ4n) is 1.38. The molecule has 0 aromatic carbocycles. The molecule has 4 nitrogen and oxygen atoms in total. The van der Waals surface area contributed by atoms with Crippen molar-refractivity contribution >= 4 is 18.0 Å². The van der Waals surface area contributed by atoms with Gasteiger partial charge >= 0.3 is 0 Å². The third-order valence-corrected chi connectivity index (χ3v) is 2.28. The first kappa shape index (κ1) is 10.8. The van der Waals surface area contributed by atoms with E-state index < -0.39 is 0 Å². The third-order valence-electron chi connectivity index (χ3n) is 2.07. The molecule has 0 atom stereocenters. The van der Waals surface area contributed by atoms with Crippen molar-refractivity contribution in [2.24, 2.45) is 0 Å². The number of rotatable bonds is 3. The monoisotopic (exact) mass is 232 g/mol. The van der Waals surface area contributed by atoms with Crippen molar-refractivity contribution in [3.63, 3.8) is 0 Å². The van der Waals surface area contributed by atoms with E-state index in [1.807, 2.05) is 25.3 Å². The molecule has 0 aliphatic carbocycles. The van der Waals surface area contributed by atoms with E-state index in [0.29, 0.717) is 11.2 Å². The van der Waals surface area contributed by atoms with Gasteiger partial charge in [-0.15, -0.1) is 0 Å². The van der Waals surface area contributed by atoms with E-state index in [4.69, 9.17) is 12.2 Å². The first-order valence-electron chi connectivity index (χ1n) is 4.95. The number of hydrogen-bond acceptors (Lipinski definition) is 4. The highest BCUT2D eigenvalue weighted by Gasteiger charge is 1.95. The van der Waals surface area contributed by atoms with Crippen LogP contribution in [-0.4, -0.2) is 15.0 Å². The van der Waals surface area contributed by atoms with Crippen LogP contribution in [0.2, 0.25) is 0 Å². The van der Waals surface area contributed by atoms with E-state index in [1.165, 1.54) is 0 Å². The third kappa shape index (κ3) is 2.87. The van der Waals surface area contributed by atoms with Crippen molar-refractivity contribution in [3.05, 3.63) is 46.6 Å². The maximum absolute atomic E-state index is 5.03. The van der Waals surface area contributed by atoms with Gasteiger partial charge in [0.05, 0.1) is 0 Å². The van der Waals surface area contributed by atoms with Crippen LogP contribution >= 0.6 is 12.2 Å². The number of nitrogens with zero attached hydrogens (tertiary/aromatic N) is 2. The van der Waals surface area contributed by atoms with Gasteiger partial charge in [0.1, 0.15) is 16.3 Å². The highest BCUT2D eigenvalue weighted by atomic mass is 32.1. The number of aromatic nitrogens is 3. The fraction of sp³-hybridized carbons (Fsp3) is 0.182. The number of aryl methyl sites for hydroxylation is 1. The molecule has 0 bridgehead atoms. The molecule has 0 unspecified atom stereocenters. The van der Waals surface area contributed by atoms with Crippen LogP contribution in [0.4, 0.5) is 5.82 Å². The van der Waals surface area contributed by atoms with E-state index in [0.717, 1.165) is 17.2 Å². The van der Waals surface area contributed by atoms with Gasteiger partial charge in [0.2, 0.25) is 0 Å². The molecule has 0 radical (unpaired) electrons. The molecule has 2 N–H and O–H groups in total. The largest absolute Gasteiger partial charge is 0.367 e. The number of pyridine rings is 1. The lowest BCUT2D eigenvalue weighted by Crippen LogP contribution is -2.03. The molecule has 2 heterocycles. The summed E-state index contributed by atoms with van der Waals surface area (Å²) in [5.41, 5.74) is 1.12. The van der Waals surface area contributed by atoms with E-state index in [9.17, 15) is 0 Å². The number of hydrogen-bond donors (Lipinski definition) is 2. The van der Waals surface area contributed by atoms with Crippen LogP contribution in [-0.2, 0) is 6.54 Å². The Kier molecular flexibility index (Phi) is 3.26. The SMILES string of the molecule is Cc1nc(=S)cc(NCc2cccnc2)[nH]1. The average Bonchev–Trinajstić information content (AvgIpc) is 2.27. The van der Waals surface area contributed by atoms with Crippen molar-refractivity contribution in [3.8, 4) is 0 Å². The molecule has 0 saturated carbocycles. The molecule has 16 heavy (non-hydrogen) atoms. The molecular weight excluding hydrogens is 220 g/mol. The van der Waals surface area contributed by atoms with Crippen molar-refractivity contribution in [1.82, 2.24) is 15.0 Å². The summed E-state index contributed by atoms with van der Waals surface area (Å²) < 4.78 is 0.588. The Morgan fingerprint density at radius 3 is 3.06 bits per heavy atom. The molecule has 2 rings (SSSR count). The van der Waals surface area contributed by atoms with Gasteiger partial charge in [-0.2, -0.15) is 0 Å². The molecule has 0 aliphatic heterocycles. The summed E-state index contributed by atoms with van der Waals surface area (Å²) in [6.45, 7) is 2.59. The number of nitrogens with one attached hydrogen (secondary N) is 2. The molecular formula is C11H12N4S. The minimum atomic E-state index is 0.588. The van der Waals surface area contributed by atoms with Crippen molar-refractivity contribution in [2.45, 2.75) is 13.5 Å². The molecule has 82 valence electrons. The van der Waals surface area contributed by atoms with Crippen LogP contribution in [0.1, 0.15) is 11.4 Å². The van der Waals surface area contributed by atoms with Gasteiger partial charge in [-0.05, 0) is 18.6 Å². The summed E-state index contributed by atoms with van der Waals surface area (Å²) >= 11 is 5.03. The lowest BCUT2D eigenvalue weighted by Gasteiger charge is -2.06. The second kappa shape index (κ2) is 4.85. The Morgan fingerprint density at radius 2 is 2.38 bits per heavy atom. The molecule has 2 aromatic heterocycles.